The number of anilines is 1. The quantitative estimate of drug-likeness (QED) is 0.865. The third-order valence-corrected chi connectivity index (χ3v) is 4.88. The van der Waals surface area contributed by atoms with Crippen molar-refractivity contribution < 1.29 is 26.7 Å². The highest BCUT2D eigenvalue weighted by atomic mass is 32.2. The number of amides is 1. The molecule has 24 heavy (non-hydrogen) atoms. The van der Waals surface area contributed by atoms with Gasteiger partial charge in [-0.05, 0) is 36.4 Å². The minimum Gasteiger partial charge on any atom is -0.481 e. The molecule has 0 aromatic heterocycles. The fourth-order valence-electron chi connectivity index (χ4n) is 1.84. The van der Waals surface area contributed by atoms with Gasteiger partial charge in [-0.3, -0.25) is 4.79 Å². The van der Waals surface area contributed by atoms with Crippen molar-refractivity contribution in [1.82, 2.24) is 0 Å². The molecule has 0 unspecified atom stereocenters. The molecule has 0 saturated carbocycles. The van der Waals surface area contributed by atoms with Crippen LogP contribution in [-0.4, -0.2) is 26.7 Å². The minimum atomic E-state index is -3.31. The number of carbonyl (C=O) groups excluding carboxylic acids is 1. The standard InChI is InChI=1S/C16H15F2NO4S/c1-2-24(21,22)13-6-4-12(5-7-13)19-16(20)10-23-15-8-3-11(17)9-14(15)18/h3-9H,2,10H2,1H3,(H,19,20). The van der Waals surface area contributed by atoms with Crippen molar-refractivity contribution in [3.63, 3.8) is 0 Å². The average molecular weight is 355 g/mol. The summed E-state index contributed by atoms with van der Waals surface area (Å²) in [5.41, 5.74) is 0.373. The molecule has 2 aromatic carbocycles. The topological polar surface area (TPSA) is 72.5 Å². The Morgan fingerprint density at radius 1 is 1.12 bits per heavy atom. The van der Waals surface area contributed by atoms with Crippen LogP contribution >= 0.6 is 0 Å². The Hall–Kier alpha value is -2.48. The van der Waals surface area contributed by atoms with E-state index in [1.807, 2.05) is 0 Å². The van der Waals surface area contributed by atoms with E-state index in [0.29, 0.717) is 11.8 Å². The van der Waals surface area contributed by atoms with Crippen LogP contribution in [0.3, 0.4) is 0 Å². The molecular weight excluding hydrogens is 340 g/mol. The van der Waals surface area contributed by atoms with Crippen molar-refractivity contribution >= 4 is 21.4 Å². The number of rotatable bonds is 6. The van der Waals surface area contributed by atoms with Gasteiger partial charge in [-0.2, -0.15) is 0 Å². The van der Waals surface area contributed by atoms with E-state index in [9.17, 15) is 22.0 Å². The maximum Gasteiger partial charge on any atom is 0.262 e. The highest BCUT2D eigenvalue weighted by molar-refractivity contribution is 7.91. The van der Waals surface area contributed by atoms with Crippen LogP contribution in [-0.2, 0) is 14.6 Å². The van der Waals surface area contributed by atoms with E-state index >= 15 is 0 Å². The fraction of sp³-hybridized carbons (Fsp3) is 0.188. The summed E-state index contributed by atoms with van der Waals surface area (Å²) in [6, 6.07) is 8.41. The SMILES string of the molecule is CCS(=O)(=O)c1ccc(NC(=O)COc2ccc(F)cc2F)cc1. The molecule has 5 nitrogen and oxygen atoms in total. The second kappa shape index (κ2) is 7.39. The van der Waals surface area contributed by atoms with Gasteiger partial charge in [-0.1, -0.05) is 6.92 Å². The molecule has 128 valence electrons. The Labute approximate surface area is 138 Å². The molecule has 1 N–H and O–H groups in total. The van der Waals surface area contributed by atoms with Gasteiger partial charge in [0.05, 0.1) is 10.6 Å². The second-order valence-corrected chi connectivity index (χ2v) is 7.12. The van der Waals surface area contributed by atoms with Crippen LogP contribution < -0.4 is 10.1 Å². The molecule has 2 rings (SSSR count). The Balaban J connectivity index is 1.95. The molecule has 0 heterocycles. The van der Waals surface area contributed by atoms with Gasteiger partial charge in [-0.15, -0.1) is 0 Å². The Morgan fingerprint density at radius 2 is 1.79 bits per heavy atom. The molecule has 0 fully saturated rings. The molecule has 0 aliphatic carbocycles. The Kier molecular flexibility index (Phi) is 5.50. The van der Waals surface area contributed by atoms with Crippen LogP contribution in [0.5, 0.6) is 5.75 Å². The van der Waals surface area contributed by atoms with Crippen molar-refractivity contribution in [1.29, 1.82) is 0 Å². The lowest BCUT2D eigenvalue weighted by Crippen LogP contribution is -2.20. The third kappa shape index (κ3) is 4.51. The van der Waals surface area contributed by atoms with Crippen molar-refractivity contribution in [2.24, 2.45) is 0 Å². The van der Waals surface area contributed by atoms with E-state index < -0.39 is 34.0 Å². The summed E-state index contributed by atoms with van der Waals surface area (Å²) in [7, 11) is -3.31. The van der Waals surface area contributed by atoms with Crippen molar-refractivity contribution in [2.75, 3.05) is 17.7 Å². The molecule has 0 atom stereocenters. The maximum atomic E-state index is 13.4. The molecule has 8 heteroatoms. The van der Waals surface area contributed by atoms with E-state index in [-0.39, 0.29) is 16.4 Å². The van der Waals surface area contributed by atoms with Crippen LogP contribution in [0.1, 0.15) is 6.92 Å². The number of hydrogen-bond donors (Lipinski definition) is 1. The molecule has 0 saturated heterocycles. The number of sulfone groups is 1. The fourth-order valence-corrected chi connectivity index (χ4v) is 2.73. The van der Waals surface area contributed by atoms with Gasteiger partial charge >= 0.3 is 0 Å². The van der Waals surface area contributed by atoms with E-state index in [4.69, 9.17) is 4.74 Å². The molecule has 0 aliphatic heterocycles. The van der Waals surface area contributed by atoms with Gasteiger partial charge in [0.2, 0.25) is 0 Å². The zero-order valence-corrected chi connectivity index (χ0v) is 13.6. The van der Waals surface area contributed by atoms with Crippen LogP contribution in [0.2, 0.25) is 0 Å². The molecule has 1 amide bonds. The van der Waals surface area contributed by atoms with Gasteiger partial charge in [0.25, 0.3) is 5.91 Å². The summed E-state index contributed by atoms with van der Waals surface area (Å²) < 4.78 is 54.5. The van der Waals surface area contributed by atoms with E-state index in [0.717, 1.165) is 12.1 Å². The first-order valence-corrected chi connectivity index (χ1v) is 8.67. The lowest BCUT2D eigenvalue weighted by molar-refractivity contribution is -0.118. The predicted molar refractivity (Wildman–Crippen MR) is 84.7 cm³/mol. The van der Waals surface area contributed by atoms with E-state index in [1.165, 1.54) is 31.2 Å². The van der Waals surface area contributed by atoms with Crippen molar-refractivity contribution in [2.45, 2.75) is 11.8 Å². The van der Waals surface area contributed by atoms with E-state index in [1.54, 1.807) is 0 Å². The molecular formula is C16H15F2NO4S. The Morgan fingerprint density at radius 3 is 2.38 bits per heavy atom. The summed E-state index contributed by atoms with van der Waals surface area (Å²) in [6.45, 7) is 1.06. The lowest BCUT2D eigenvalue weighted by Gasteiger charge is -2.09. The first-order chi connectivity index (χ1) is 11.3. The summed E-state index contributed by atoms with van der Waals surface area (Å²) in [4.78, 5) is 11.9. The minimum absolute atomic E-state index is 0.0181. The van der Waals surface area contributed by atoms with Crippen molar-refractivity contribution in [3.05, 3.63) is 54.1 Å². The summed E-state index contributed by atoms with van der Waals surface area (Å²) >= 11 is 0. The van der Waals surface area contributed by atoms with Crippen LogP contribution in [0, 0.1) is 11.6 Å². The van der Waals surface area contributed by atoms with Crippen LogP contribution in [0.25, 0.3) is 0 Å². The third-order valence-electron chi connectivity index (χ3n) is 3.13. The monoisotopic (exact) mass is 355 g/mol. The average Bonchev–Trinajstić information content (AvgIpc) is 2.54. The van der Waals surface area contributed by atoms with E-state index in [2.05, 4.69) is 5.32 Å². The van der Waals surface area contributed by atoms with Gasteiger partial charge in [0, 0.05) is 11.8 Å². The largest absolute Gasteiger partial charge is 0.481 e. The normalized spacial score (nSPS) is 11.1. The lowest BCUT2D eigenvalue weighted by atomic mass is 10.3. The van der Waals surface area contributed by atoms with Gasteiger partial charge in [-0.25, -0.2) is 17.2 Å². The number of ether oxygens (including phenoxy) is 1. The maximum absolute atomic E-state index is 13.4. The first-order valence-electron chi connectivity index (χ1n) is 7.02. The summed E-state index contributed by atoms with van der Waals surface area (Å²) in [5, 5.41) is 2.48. The Bertz CT molecular complexity index is 836. The zero-order chi connectivity index (χ0) is 17.7. The molecule has 0 aliphatic rings. The van der Waals surface area contributed by atoms with Gasteiger partial charge < -0.3 is 10.1 Å². The number of benzene rings is 2. The molecule has 2 aromatic rings. The zero-order valence-electron chi connectivity index (χ0n) is 12.8. The molecule has 0 bridgehead atoms. The molecule has 0 spiro atoms. The highest BCUT2D eigenvalue weighted by Gasteiger charge is 2.12. The van der Waals surface area contributed by atoms with Gasteiger partial charge in [0.1, 0.15) is 5.82 Å². The summed E-state index contributed by atoms with van der Waals surface area (Å²) in [5.74, 6) is -2.47. The van der Waals surface area contributed by atoms with Crippen molar-refractivity contribution in [3.8, 4) is 5.75 Å². The van der Waals surface area contributed by atoms with Crippen LogP contribution in [0.4, 0.5) is 14.5 Å². The predicted octanol–water partition coefficient (Wildman–Crippen LogP) is 2.78. The smallest absolute Gasteiger partial charge is 0.262 e. The first kappa shape index (κ1) is 17.9. The highest BCUT2D eigenvalue weighted by Crippen LogP contribution is 2.18. The van der Waals surface area contributed by atoms with Gasteiger partial charge in [0.15, 0.2) is 28.0 Å². The number of halogens is 2. The number of hydrogen-bond acceptors (Lipinski definition) is 4. The van der Waals surface area contributed by atoms with Crippen LogP contribution in [0.15, 0.2) is 47.4 Å². The molecule has 0 radical (unpaired) electrons. The summed E-state index contributed by atoms with van der Waals surface area (Å²) in [6.07, 6.45) is 0. The number of carbonyl (C=O) groups is 1. The number of nitrogens with one attached hydrogen (secondary N) is 1. The second-order valence-electron chi connectivity index (χ2n) is 4.84.